The summed E-state index contributed by atoms with van der Waals surface area (Å²) in [6.07, 6.45) is 6.99. The number of hydrogen-bond donors (Lipinski definition) is 2. The van der Waals surface area contributed by atoms with Crippen LogP contribution >= 0.6 is 0 Å². The van der Waals surface area contributed by atoms with E-state index in [1.54, 1.807) is 6.08 Å². The van der Waals surface area contributed by atoms with Crippen molar-refractivity contribution < 1.29 is 4.79 Å². The molecular weight excluding hydrogens is 188 g/mol. The highest BCUT2D eigenvalue weighted by atomic mass is 16.2. The molecule has 0 aromatic carbocycles. The largest absolute Gasteiger partial charge is 0.352 e. The molecule has 0 aliphatic heterocycles. The van der Waals surface area contributed by atoms with Crippen molar-refractivity contribution in [3.8, 4) is 0 Å². The molecule has 1 amide bonds. The Labute approximate surface area is 92.1 Å². The first-order valence-electron chi connectivity index (χ1n) is 5.84. The summed E-state index contributed by atoms with van der Waals surface area (Å²) < 4.78 is 0. The van der Waals surface area contributed by atoms with Crippen molar-refractivity contribution in [2.75, 3.05) is 0 Å². The topological polar surface area (TPSA) is 55.1 Å². The van der Waals surface area contributed by atoms with Gasteiger partial charge < -0.3 is 11.1 Å². The second-order valence-corrected chi connectivity index (χ2v) is 4.42. The fraction of sp³-hybridized carbons (Fsp3) is 0.750. The van der Waals surface area contributed by atoms with Crippen LogP contribution in [0.2, 0.25) is 0 Å². The van der Waals surface area contributed by atoms with Gasteiger partial charge in [-0.05, 0) is 25.2 Å². The number of rotatable bonds is 7. The Kier molecular flexibility index (Phi) is 4.82. The minimum atomic E-state index is -0.434. The summed E-state index contributed by atoms with van der Waals surface area (Å²) >= 11 is 0. The maximum Gasteiger partial charge on any atom is 0.237 e. The lowest BCUT2D eigenvalue weighted by Gasteiger charge is -2.19. The van der Waals surface area contributed by atoms with Crippen molar-refractivity contribution in [2.24, 2.45) is 11.7 Å². The van der Waals surface area contributed by atoms with Gasteiger partial charge in [-0.3, -0.25) is 4.79 Å². The van der Waals surface area contributed by atoms with E-state index in [1.807, 2.05) is 0 Å². The molecule has 1 saturated carbocycles. The molecule has 0 aromatic rings. The third kappa shape index (κ3) is 4.47. The van der Waals surface area contributed by atoms with Crippen molar-refractivity contribution in [1.82, 2.24) is 5.32 Å². The number of nitrogens with one attached hydrogen (secondary N) is 1. The molecule has 0 radical (unpaired) electrons. The summed E-state index contributed by atoms with van der Waals surface area (Å²) in [5.74, 6) is 0.799. The summed E-state index contributed by atoms with van der Waals surface area (Å²) in [6, 6.07) is -0.128. The van der Waals surface area contributed by atoms with Crippen molar-refractivity contribution in [1.29, 1.82) is 0 Å². The molecule has 15 heavy (non-hydrogen) atoms. The van der Waals surface area contributed by atoms with Crippen LogP contribution in [0.4, 0.5) is 0 Å². The van der Waals surface area contributed by atoms with E-state index < -0.39 is 6.04 Å². The van der Waals surface area contributed by atoms with Crippen molar-refractivity contribution in [3.05, 3.63) is 12.7 Å². The molecule has 0 saturated heterocycles. The van der Waals surface area contributed by atoms with Crippen molar-refractivity contribution in [2.45, 2.75) is 51.1 Å². The molecule has 0 bridgehead atoms. The molecule has 0 aromatic heterocycles. The highest BCUT2D eigenvalue weighted by Gasteiger charge is 2.26. The van der Waals surface area contributed by atoms with Gasteiger partial charge in [0.05, 0.1) is 6.04 Å². The quantitative estimate of drug-likeness (QED) is 0.627. The molecule has 3 N–H and O–H groups in total. The summed E-state index contributed by atoms with van der Waals surface area (Å²) in [6.45, 7) is 5.68. The van der Waals surface area contributed by atoms with E-state index in [2.05, 4.69) is 18.8 Å². The lowest BCUT2D eigenvalue weighted by molar-refractivity contribution is -0.123. The highest BCUT2D eigenvalue weighted by Crippen LogP contribution is 2.33. The first-order chi connectivity index (χ1) is 7.17. The normalized spacial score (nSPS) is 19.3. The summed E-state index contributed by atoms with van der Waals surface area (Å²) in [4.78, 5) is 11.6. The van der Waals surface area contributed by atoms with Gasteiger partial charge in [-0.15, -0.1) is 6.58 Å². The van der Waals surface area contributed by atoms with Crippen LogP contribution in [0.1, 0.15) is 39.0 Å². The zero-order valence-electron chi connectivity index (χ0n) is 9.54. The number of carbonyl (C=O) groups is 1. The molecule has 86 valence electrons. The van der Waals surface area contributed by atoms with Crippen molar-refractivity contribution >= 4 is 5.91 Å². The summed E-state index contributed by atoms with van der Waals surface area (Å²) in [7, 11) is 0. The standard InChI is InChI=1S/C12H22N2O/c1-3-5-11(13)12(15)14-10(4-2)8-9-6-7-9/h3,9-11H,1,4-8,13H2,2H3,(H,14,15). The fourth-order valence-electron chi connectivity index (χ4n) is 1.68. The van der Waals surface area contributed by atoms with E-state index >= 15 is 0 Å². The molecular formula is C12H22N2O. The summed E-state index contributed by atoms with van der Waals surface area (Å²) in [5, 5.41) is 3.01. The van der Waals surface area contributed by atoms with Gasteiger partial charge in [0, 0.05) is 6.04 Å². The maximum absolute atomic E-state index is 11.6. The smallest absolute Gasteiger partial charge is 0.237 e. The lowest BCUT2D eigenvalue weighted by atomic mass is 10.1. The lowest BCUT2D eigenvalue weighted by Crippen LogP contribution is -2.45. The van der Waals surface area contributed by atoms with E-state index in [0.717, 1.165) is 18.8 Å². The van der Waals surface area contributed by atoms with Gasteiger partial charge in [-0.1, -0.05) is 25.8 Å². The van der Waals surface area contributed by atoms with Crippen molar-refractivity contribution in [3.63, 3.8) is 0 Å². The number of nitrogens with two attached hydrogens (primary N) is 1. The Morgan fingerprint density at radius 2 is 2.33 bits per heavy atom. The van der Waals surface area contributed by atoms with Gasteiger partial charge in [0.15, 0.2) is 0 Å². The number of carbonyl (C=O) groups excluding carboxylic acids is 1. The van der Waals surface area contributed by atoms with E-state index in [-0.39, 0.29) is 5.91 Å². The van der Waals surface area contributed by atoms with E-state index in [1.165, 1.54) is 12.8 Å². The zero-order chi connectivity index (χ0) is 11.3. The zero-order valence-corrected chi connectivity index (χ0v) is 9.54. The Hall–Kier alpha value is -0.830. The highest BCUT2D eigenvalue weighted by molar-refractivity contribution is 5.81. The Morgan fingerprint density at radius 1 is 1.67 bits per heavy atom. The van der Waals surface area contributed by atoms with Crippen LogP contribution in [0.25, 0.3) is 0 Å². The van der Waals surface area contributed by atoms with Gasteiger partial charge in [0.25, 0.3) is 0 Å². The summed E-state index contributed by atoms with van der Waals surface area (Å²) in [5.41, 5.74) is 5.69. The molecule has 3 nitrogen and oxygen atoms in total. The van der Waals surface area contributed by atoms with Crippen LogP contribution in [0.3, 0.4) is 0 Å². The van der Waals surface area contributed by atoms with Crippen LogP contribution in [0.5, 0.6) is 0 Å². The Bertz CT molecular complexity index is 224. The molecule has 0 spiro atoms. The monoisotopic (exact) mass is 210 g/mol. The van der Waals surface area contributed by atoms with Crippen LogP contribution in [0, 0.1) is 5.92 Å². The SMILES string of the molecule is C=CCC(N)C(=O)NC(CC)CC1CC1. The van der Waals surface area contributed by atoms with Crippen LogP contribution < -0.4 is 11.1 Å². The van der Waals surface area contributed by atoms with Crippen LogP contribution in [0.15, 0.2) is 12.7 Å². The minimum absolute atomic E-state index is 0.0394. The minimum Gasteiger partial charge on any atom is -0.352 e. The first kappa shape index (κ1) is 12.2. The second kappa shape index (κ2) is 5.91. The van der Waals surface area contributed by atoms with E-state index in [0.29, 0.717) is 12.5 Å². The van der Waals surface area contributed by atoms with Gasteiger partial charge in [-0.25, -0.2) is 0 Å². The molecule has 2 atom stereocenters. The second-order valence-electron chi connectivity index (χ2n) is 4.42. The van der Waals surface area contributed by atoms with Gasteiger partial charge in [0.1, 0.15) is 0 Å². The molecule has 1 aliphatic carbocycles. The van der Waals surface area contributed by atoms with Gasteiger partial charge in [-0.2, -0.15) is 0 Å². The van der Waals surface area contributed by atoms with Gasteiger partial charge in [0.2, 0.25) is 5.91 Å². The third-order valence-corrected chi connectivity index (χ3v) is 2.91. The molecule has 3 heteroatoms. The number of amides is 1. The molecule has 2 unspecified atom stereocenters. The van der Waals surface area contributed by atoms with E-state index in [4.69, 9.17) is 5.73 Å². The average molecular weight is 210 g/mol. The molecule has 1 aliphatic rings. The van der Waals surface area contributed by atoms with Gasteiger partial charge >= 0.3 is 0 Å². The first-order valence-corrected chi connectivity index (χ1v) is 5.84. The Morgan fingerprint density at radius 3 is 2.80 bits per heavy atom. The van der Waals surface area contributed by atoms with Crippen LogP contribution in [-0.2, 0) is 4.79 Å². The predicted molar refractivity (Wildman–Crippen MR) is 62.4 cm³/mol. The maximum atomic E-state index is 11.6. The number of hydrogen-bond acceptors (Lipinski definition) is 2. The third-order valence-electron chi connectivity index (χ3n) is 2.91. The predicted octanol–water partition coefficient (Wildman–Crippen LogP) is 1.58. The average Bonchev–Trinajstić information content (AvgIpc) is 3.00. The Balaban J connectivity index is 2.28. The molecule has 1 rings (SSSR count). The molecule has 1 fully saturated rings. The fourth-order valence-corrected chi connectivity index (χ4v) is 1.68. The van der Waals surface area contributed by atoms with Crippen LogP contribution in [-0.4, -0.2) is 18.0 Å². The molecule has 0 heterocycles. The van der Waals surface area contributed by atoms with E-state index in [9.17, 15) is 4.79 Å².